The summed E-state index contributed by atoms with van der Waals surface area (Å²) in [6.07, 6.45) is 6.17. The molecule has 0 atom stereocenters. The highest BCUT2D eigenvalue weighted by molar-refractivity contribution is 5.50. The second-order valence-electron chi connectivity index (χ2n) is 4.12. The zero-order valence-electron chi connectivity index (χ0n) is 10.1. The average molecular weight is 207 g/mol. The van der Waals surface area contributed by atoms with Crippen LogP contribution in [0.25, 0.3) is 6.08 Å². The number of hydrogen-bond acceptors (Lipinski definition) is 2. The number of nitrogens with one attached hydrogen (secondary N) is 1. The summed E-state index contributed by atoms with van der Waals surface area (Å²) in [7, 11) is 0. The van der Waals surface area contributed by atoms with Crippen molar-refractivity contribution in [2.75, 3.05) is 13.1 Å². The summed E-state index contributed by atoms with van der Waals surface area (Å²) in [4.78, 5) is 0. The Bertz CT molecular complexity index is 323. The highest BCUT2D eigenvalue weighted by Gasteiger charge is 1.99. The lowest BCUT2D eigenvalue weighted by atomic mass is 10.2. The molecule has 0 spiro atoms. The molecule has 0 aromatic carbocycles. The van der Waals surface area contributed by atoms with Gasteiger partial charge < -0.3 is 5.32 Å². The molecule has 0 saturated carbocycles. The fourth-order valence-corrected chi connectivity index (χ4v) is 1.37. The van der Waals surface area contributed by atoms with Crippen LogP contribution in [0.2, 0.25) is 0 Å². The quantitative estimate of drug-likeness (QED) is 0.804. The third-order valence-corrected chi connectivity index (χ3v) is 2.22. The molecule has 0 radical (unpaired) electrons. The first-order valence-electron chi connectivity index (χ1n) is 5.55. The van der Waals surface area contributed by atoms with E-state index in [-0.39, 0.29) is 0 Å². The molecule has 0 aliphatic carbocycles. The van der Waals surface area contributed by atoms with Gasteiger partial charge in [-0.05, 0) is 27.3 Å². The first-order valence-corrected chi connectivity index (χ1v) is 5.55. The SMILES string of the molecule is CCNCC(C)=Cc1cnn(C(C)C)c1. The molecule has 84 valence electrons. The first kappa shape index (κ1) is 12.0. The number of nitrogens with zero attached hydrogens (tertiary/aromatic N) is 2. The number of rotatable bonds is 5. The van der Waals surface area contributed by atoms with Gasteiger partial charge in [-0.3, -0.25) is 4.68 Å². The maximum absolute atomic E-state index is 4.30. The lowest BCUT2D eigenvalue weighted by molar-refractivity contribution is 0.532. The normalized spacial score (nSPS) is 12.5. The van der Waals surface area contributed by atoms with Crippen LogP contribution in [0.15, 0.2) is 18.0 Å². The van der Waals surface area contributed by atoms with Crippen molar-refractivity contribution in [1.82, 2.24) is 15.1 Å². The van der Waals surface area contributed by atoms with E-state index in [0.29, 0.717) is 6.04 Å². The summed E-state index contributed by atoms with van der Waals surface area (Å²) in [6, 6.07) is 0.432. The van der Waals surface area contributed by atoms with E-state index < -0.39 is 0 Å². The number of likely N-dealkylation sites (N-methyl/N-ethyl adjacent to an activating group) is 1. The predicted molar refractivity (Wildman–Crippen MR) is 64.8 cm³/mol. The molecule has 15 heavy (non-hydrogen) atoms. The zero-order valence-corrected chi connectivity index (χ0v) is 10.1. The smallest absolute Gasteiger partial charge is 0.0562 e. The van der Waals surface area contributed by atoms with E-state index in [1.165, 1.54) is 11.1 Å². The Morgan fingerprint density at radius 1 is 1.60 bits per heavy atom. The van der Waals surface area contributed by atoms with Gasteiger partial charge in [-0.1, -0.05) is 18.6 Å². The van der Waals surface area contributed by atoms with Crippen molar-refractivity contribution < 1.29 is 0 Å². The number of hydrogen-bond donors (Lipinski definition) is 1. The van der Waals surface area contributed by atoms with E-state index in [1.54, 1.807) is 0 Å². The van der Waals surface area contributed by atoms with Crippen molar-refractivity contribution in [1.29, 1.82) is 0 Å². The molecule has 1 rings (SSSR count). The van der Waals surface area contributed by atoms with Crippen LogP contribution >= 0.6 is 0 Å². The molecule has 0 saturated heterocycles. The van der Waals surface area contributed by atoms with Crippen molar-refractivity contribution in [3.8, 4) is 0 Å². The van der Waals surface area contributed by atoms with Gasteiger partial charge in [0.25, 0.3) is 0 Å². The molecule has 1 aromatic rings. The van der Waals surface area contributed by atoms with Gasteiger partial charge in [0.15, 0.2) is 0 Å². The summed E-state index contributed by atoms with van der Waals surface area (Å²) in [5.74, 6) is 0. The van der Waals surface area contributed by atoms with Crippen LogP contribution in [0.5, 0.6) is 0 Å². The lowest BCUT2D eigenvalue weighted by Gasteiger charge is -2.03. The molecule has 0 bridgehead atoms. The Morgan fingerprint density at radius 3 is 2.87 bits per heavy atom. The molecule has 3 heteroatoms. The predicted octanol–water partition coefficient (Wildman–Crippen LogP) is 2.48. The molecule has 0 unspecified atom stereocenters. The van der Waals surface area contributed by atoms with E-state index in [2.05, 4.69) is 50.4 Å². The van der Waals surface area contributed by atoms with E-state index in [4.69, 9.17) is 0 Å². The summed E-state index contributed by atoms with van der Waals surface area (Å²) in [6.45, 7) is 10.5. The largest absolute Gasteiger partial charge is 0.313 e. The average Bonchev–Trinajstić information content (AvgIpc) is 2.63. The Labute approximate surface area is 92.2 Å². The van der Waals surface area contributed by atoms with Crippen molar-refractivity contribution in [2.45, 2.75) is 33.7 Å². The molecular formula is C12H21N3. The summed E-state index contributed by atoms with van der Waals surface area (Å²) >= 11 is 0. The molecule has 0 amide bonds. The Morgan fingerprint density at radius 2 is 2.33 bits per heavy atom. The molecule has 3 nitrogen and oxygen atoms in total. The second-order valence-corrected chi connectivity index (χ2v) is 4.12. The summed E-state index contributed by atoms with van der Waals surface area (Å²) < 4.78 is 1.98. The maximum Gasteiger partial charge on any atom is 0.0562 e. The van der Waals surface area contributed by atoms with Gasteiger partial charge in [0, 0.05) is 24.3 Å². The maximum atomic E-state index is 4.30. The molecule has 1 heterocycles. The Balaban J connectivity index is 2.62. The van der Waals surface area contributed by atoms with Crippen molar-refractivity contribution in [2.24, 2.45) is 0 Å². The molecule has 0 aliphatic heterocycles. The minimum Gasteiger partial charge on any atom is -0.313 e. The number of aromatic nitrogens is 2. The fourth-order valence-electron chi connectivity index (χ4n) is 1.37. The van der Waals surface area contributed by atoms with Gasteiger partial charge in [-0.15, -0.1) is 0 Å². The highest BCUT2D eigenvalue weighted by Crippen LogP contribution is 2.08. The van der Waals surface area contributed by atoms with Crippen molar-refractivity contribution >= 4 is 6.08 Å². The Hall–Kier alpha value is -1.09. The van der Waals surface area contributed by atoms with Gasteiger partial charge in [-0.25, -0.2) is 0 Å². The van der Waals surface area contributed by atoms with Gasteiger partial charge in [0.2, 0.25) is 0 Å². The van der Waals surface area contributed by atoms with E-state index in [0.717, 1.165) is 13.1 Å². The van der Waals surface area contributed by atoms with Crippen molar-refractivity contribution in [3.63, 3.8) is 0 Å². The molecule has 0 fully saturated rings. The monoisotopic (exact) mass is 207 g/mol. The third-order valence-electron chi connectivity index (χ3n) is 2.22. The summed E-state index contributed by atoms with van der Waals surface area (Å²) in [5.41, 5.74) is 2.51. The van der Waals surface area contributed by atoms with Crippen LogP contribution in [0.4, 0.5) is 0 Å². The van der Waals surface area contributed by atoms with Crippen LogP contribution in [-0.2, 0) is 0 Å². The topological polar surface area (TPSA) is 29.9 Å². The molecule has 1 aromatic heterocycles. The lowest BCUT2D eigenvalue weighted by Crippen LogP contribution is -2.14. The molecular weight excluding hydrogens is 186 g/mol. The minimum atomic E-state index is 0.432. The highest BCUT2D eigenvalue weighted by atomic mass is 15.3. The van der Waals surface area contributed by atoms with Gasteiger partial charge in [-0.2, -0.15) is 5.10 Å². The first-order chi connectivity index (χ1) is 7.13. The van der Waals surface area contributed by atoms with E-state index >= 15 is 0 Å². The zero-order chi connectivity index (χ0) is 11.3. The van der Waals surface area contributed by atoms with Crippen molar-refractivity contribution in [3.05, 3.63) is 23.5 Å². The summed E-state index contributed by atoms with van der Waals surface area (Å²) in [5, 5.41) is 7.60. The van der Waals surface area contributed by atoms with Crippen LogP contribution in [0.1, 0.15) is 39.3 Å². The standard InChI is InChI=1S/C12H21N3/c1-5-13-7-11(4)6-12-8-14-15(9-12)10(2)3/h6,8-10,13H,5,7H2,1-4H3. The van der Waals surface area contributed by atoms with Gasteiger partial charge in [0.05, 0.1) is 6.20 Å². The third kappa shape index (κ3) is 3.88. The van der Waals surface area contributed by atoms with Gasteiger partial charge >= 0.3 is 0 Å². The van der Waals surface area contributed by atoms with Gasteiger partial charge in [0.1, 0.15) is 0 Å². The van der Waals surface area contributed by atoms with E-state index in [9.17, 15) is 0 Å². The van der Waals surface area contributed by atoms with E-state index in [1.807, 2.05) is 10.9 Å². The van der Waals surface area contributed by atoms with Crippen LogP contribution in [-0.4, -0.2) is 22.9 Å². The second kappa shape index (κ2) is 5.71. The van der Waals surface area contributed by atoms with Crippen LogP contribution in [0.3, 0.4) is 0 Å². The minimum absolute atomic E-state index is 0.432. The van der Waals surface area contributed by atoms with Crippen LogP contribution < -0.4 is 5.32 Å². The molecule has 1 N–H and O–H groups in total. The fraction of sp³-hybridized carbons (Fsp3) is 0.583. The molecule has 0 aliphatic rings. The Kier molecular flexibility index (Phi) is 4.56. The van der Waals surface area contributed by atoms with Crippen LogP contribution in [0, 0.1) is 0 Å².